The van der Waals surface area contributed by atoms with Crippen molar-refractivity contribution in [3.63, 3.8) is 0 Å². The molecule has 0 spiro atoms. The zero-order valence-corrected chi connectivity index (χ0v) is 12.1. The number of aromatic amines is 1. The van der Waals surface area contributed by atoms with E-state index in [4.69, 9.17) is 0 Å². The molecule has 1 amide bonds. The molecular weight excluding hydrogens is 292 g/mol. The predicted molar refractivity (Wildman–Crippen MR) is 79.6 cm³/mol. The first-order valence-corrected chi connectivity index (χ1v) is 7.79. The number of carbonyl (C=O) groups excluding carboxylic acids is 1. The number of hydrogen-bond acceptors (Lipinski definition) is 5. The van der Waals surface area contributed by atoms with Gasteiger partial charge in [-0.05, 0) is 11.4 Å². The van der Waals surface area contributed by atoms with Crippen LogP contribution in [0.4, 0.5) is 0 Å². The molecule has 0 aliphatic carbocycles. The molecular formula is C13H12N4OS2. The van der Waals surface area contributed by atoms with Crippen LogP contribution < -0.4 is 5.32 Å². The highest BCUT2D eigenvalue weighted by molar-refractivity contribution is 7.20. The van der Waals surface area contributed by atoms with Gasteiger partial charge in [0, 0.05) is 11.6 Å². The zero-order valence-electron chi connectivity index (χ0n) is 10.5. The number of thiophene rings is 1. The number of H-pyrrole nitrogens is 1. The first-order valence-electron chi connectivity index (χ1n) is 6.03. The van der Waals surface area contributed by atoms with Crippen LogP contribution in [0.5, 0.6) is 0 Å². The largest absolute Gasteiger partial charge is 0.350 e. The summed E-state index contributed by atoms with van der Waals surface area (Å²) in [6, 6.07) is 4.03. The number of amides is 1. The Balaban J connectivity index is 1.56. The van der Waals surface area contributed by atoms with E-state index in [1.807, 2.05) is 22.9 Å². The van der Waals surface area contributed by atoms with Crippen LogP contribution in [0.15, 0.2) is 35.4 Å². The molecule has 0 aliphatic rings. The van der Waals surface area contributed by atoms with E-state index >= 15 is 0 Å². The van der Waals surface area contributed by atoms with E-state index in [0.717, 1.165) is 21.3 Å². The van der Waals surface area contributed by atoms with Crippen molar-refractivity contribution in [2.45, 2.75) is 13.0 Å². The highest BCUT2D eigenvalue weighted by Crippen LogP contribution is 2.27. The SMILES string of the molecule is O=C(Cc1csc(-c2cccs2)n1)NCc1cnc[nH]1. The number of nitrogens with zero attached hydrogens (tertiary/aromatic N) is 2. The lowest BCUT2D eigenvalue weighted by molar-refractivity contribution is -0.120. The number of imidazole rings is 1. The predicted octanol–water partition coefficient (Wildman–Crippen LogP) is 2.45. The Hall–Kier alpha value is -1.99. The van der Waals surface area contributed by atoms with Gasteiger partial charge in [0.1, 0.15) is 5.01 Å². The minimum absolute atomic E-state index is 0.0392. The molecule has 0 unspecified atom stereocenters. The van der Waals surface area contributed by atoms with E-state index in [2.05, 4.69) is 20.3 Å². The van der Waals surface area contributed by atoms with Gasteiger partial charge < -0.3 is 10.3 Å². The lowest BCUT2D eigenvalue weighted by Crippen LogP contribution is -2.24. The Morgan fingerprint density at radius 2 is 2.35 bits per heavy atom. The fraction of sp³-hybridized carbons (Fsp3) is 0.154. The van der Waals surface area contributed by atoms with E-state index in [-0.39, 0.29) is 5.91 Å². The van der Waals surface area contributed by atoms with Gasteiger partial charge in [-0.25, -0.2) is 9.97 Å². The molecule has 0 aromatic carbocycles. The topological polar surface area (TPSA) is 70.7 Å². The van der Waals surface area contributed by atoms with Gasteiger partial charge in [0.25, 0.3) is 0 Å². The molecule has 0 bridgehead atoms. The third kappa shape index (κ3) is 3.12. The Bertz CT molecular complexity index is 673. The summed E-state index contributed by atoms with van der Waals surface area (Å²) in [5.74, 6) is -0.0392. The van der Waals surface area contributed by atoms with Gasteiger partial charge >= 0.3 is 0 Å². The molecule has 3 heterocycles. The molecule has 0 aliphatic heterocycles. The van der Waals surface area contributed by atoms with Crippen LogP contribution in [-0.4, -0.2) is 20.9 Å². The number of carbonyl (C=O) groups is 1. The second-order valence-corrected chi connectivity index (χ2v) is 5.96. The first-order chi connectivity index (χ1) is 9.81. The van der Waals surface area contributed by atoms with Crippen molar-refractivity contribution in [3.8, 4) is 9.88 Å². The lowest BCUT2D eigenvalue weighted by Gasteiger charge is -2.01. The maximum absolute atomic E-state index is 11.8. The Morgan fingerprint density at radius 1 is 1.40 bits per heavy atom. The van der Waals surface area contributed by atoms with E-state index in [1.165, 1.54) is 0 Å². The lowest BCUT2D eigenvalue weighted by atomic mass is 10.3. The summed E-state index contributed by atoms with van der Waals surface area (Å²) in [6.45, 7) is 0.459. The van der Waals surface area contributed by atoms with Gasteiger partial charge in [0.2, 0.25) is 5.91 Å². The van der Waals surface area contributed by atoms with Crippen LogP contribution in [0.1, 0.15) is 11.4 Å². The summed E-state index contributed by atoms with van der Waals surface area (Å²) in [6.07, 6.45) is 3.59. The number of rotatable bonds is 5. The van der Waals surface area contributed by atoms with Crippen LogP contribution in [0, 0.1) is 0 Å². The molecule has 3 aromatic heterocycles. The maximum atomic E-state index is 11.8. The Morgan fingerprint density at radius 3 is 3.10 bits per heavy atom. The molecule has 102 valence electrons. The van der Waals surface area contributed by atoms with E-state index in [1.54, 1.807) is 35.2 Å². The third-order valence-electron chi connectivity index (χ3n) is 2.66. The molecule has 5 nitrogen and oxygen atoms in total. The average Bonchev–Trinajstić information content (AvgIpc) is 3.18. The average molecular weight is 304 g/mol. The zero-order chi connectivity index (χ0) is 13.8. The van der Waals surface area contributed by atoms with E-state index in [0.29, 0.717) is 13.0 Å². The standard InChI is InChI=1S/C13H12N4OS2/c18-12(15-6-10-5-14-8-16-10)4-9-7-20-13(17-9)11-2-1-3-19-11/h1-3,5,7-8H,4,6H2,(H,14,16)(H,15,18). The molecule has 7 heteroatoms. The van der Waals surface area contributed by atoms with Crippen LogP contribution in [-0.2, 0) is 17.8 Å². The van der Waals surface area contributed by atoms with Crippen LogP contribution in [0.2, 0.25) is 0 Å². The van der Waals surface area contributed by atoms with Crippen molar-refractivity contribution in [1.29, 1.82) is 0 Å². The minimum atomic E-state index is -0.0392. The van der Waals surface area contributed by atoms with Gasteiger partial charge in [0.05, 0.1) is 35.6 Å². The molecule has 0 radical (unpaired) electrons. The van der Waals surface area contributed by atoms with E-state index < -0.39 is 0 Å². The summed E-state index contributed by atoms with van der Waals surface area (Å²) in [5, 5.41) is 7.76. The smallest absolute Gasteiger partial charge is 0.226 e. The molecule has 2 N–H and O–H groups in total. The second-order valence-electron chi connectivity index (χ2n) is 4.15. The minimum Gasteiger partial charge on any atom is -0.350 e. The van der Waals surface area contributed by atoms with E-state index in [9.17, 15) is 4.79 Å². The van der Waals surface area contributed by atoms with Crippen LogP contribution in [0.3, 0.4) is 0 Å². The Labute approximate surface area is 123 Å². The summed E-state index contributed by atoms with van der Waals surface area (Å²) in [7, 11) is 0. The number of thiazole rings is 1. The molecule has 3 aromatic rings. The second kappa shape index (κ2) is 5.98. The quantitative estimate of drug-likeness (QED) is 0.760. The molecule has 0 saturated carbocycles. The molecule has 0 atom stereocenters. The van der Waals surface area contributed by atoms with Crippen LogP contribution >= 0.6 is 22.7 Å². The fourth-order valence-corrected chi connectivity index (χ4v) is 3.34. The first kappa shape index (κ1) is 13.0. The summed E-state index contributed by atoms with van der Waals surface area (Å²) in [5.41, 5.74) is 1.69. The summed E-state index contributed by atoms with van der Waals surface area (Å²) in [4.78, 5) is 24.3. The van der Waals surface area contributed by atoms with Crippen molar-refractivity contribution < 1.29 is 4.79 Å². The van der Waals surface area contributed by atoms with Crippen molar-refractivity contribution in [1.82, 2.24) is 20.3 Å². The van der Waals surface area contributed by atoms with Gasteiger partial charge in [0.15, 0.2) is 0 Å². The number of hydrogen-bond donors (Lipinski definition) is 2. The maximum Gasteiger partial charge on any atom is 0.226 e. The van der Waals surface area contributed by atoms with Crippen LogP contribution in [0.25, 0.3) is 9.88 Å². The highest BCUT2D eigenvalue weighted by Gasteiger charge is 2.09. The number of nitrogens with one attached hydrogen (secondary N) is 2. The highest BCUT2D eigenvalue weighted by atomic mass is 32.1. The van der Waals surface area contributed by atoms with Gasteiger partial charge in [-0.15, -0.1) is 22.7 Å². The fourth-order valence-electron chi connectivity index (χ4n) is 1.70. The van der Waals surface area contributed by atoms with Crippen molar-refractivity contribution in [3.05, 3.63) is 46.8 Å². The van der Waals surface area contributed by atoms with Crippen molar-refractivity contribution in [2.24, 2.45) is 0 Å². The normalized spacial score (nSPS) is 10.6. The van der Waals surface area contributed by atoms with Crippen molar-refractivity contribution in [2.75, 3.05) is 0 Å². The monoisotopic (exact) mass is 304 g/mol. The Kier molecular flexibility index (Phi) is 3.89. The van der Waals surface area contributed by atoms with Crippen molar-refractivity contribution >= 4 is 28.6 Å². The molecule has 0 fully saturated rings. The van der Waals surface area contributed by atoms with Gasteiger partial charge in [-0.3, -0.25) is 4.79 Å². The third-order valence-corrected chi connectivity index (χ3v) is 4.59. The van der Waals surface area contributed by atoms with Gasteiger partial charge in [-0.2, -0.15) is 0 Å². The summed E-state index contributed by atoms with van der Waals surface area (Å²) < 4.78 is 0. The molecule has 3 rings (SSSR count). The number of aromatic nitrogens is 3. The molecule has 20 heavy (non-hydrogen) atoms. The summed E-state index contributed by atoms with van der Waals surface area (Å²) >= 11 is 3.22. The van der Waals surface area contributed by atoms with Gasteiger partial charge in [-0.1, -0.05) is 6.07 Å². The molecule has 0 saturated heterocycles.